The molecule has 2 aliphatic heterocycles. The van der Waals surface area contributed by atoms with Gasteiger partial charge in [0.05, 0.1) is 0 Å². The van der Waals surface area contributed by atoms with Crippen molar-refractivity contribution in [2.75, 3.05) is 13.1 Å². The topological polar surface area (TPSA) is 24.5 Å². The molecular weight excluding hydrogens is 188 g/mol. The van der Waals surface area contributed by atoms with Crippen LogP contribution in [0.25, 0.3) is 0 Å². The normalized spacial score (nSPS) is 22.1. The molecule has 0 amide bonds. The summed E-state index contributed by atoms with van der Waals surface area (Å²) in [7, 11) is 0. The summed E-state index contributed by atoms with van der Waals surface area (Å²) in [6.07, 6.45) is 3.41. The first-order chi connectivity index (χ1) is 7.43. The number of benzene rings is 1. The number of fused-ring (bicyclic) bond motifs is 1. The Balaban J connectivity index is 1.73. The summed E-state index contributed by atoms with van der Waals surface area (Å²) >= 11 is 0. The van der Waals surface area contributed by atoms with Gasteiger partial charge in [-0.25, -0.2) is 0 Å². The van der Waals surface area contributed by atoms with E-state index in [1.165, 1.54) is 24.0 Å². The molecule has 2 aliphatic rings. The van der Waals surface area contributed by atoms with Gasteiger partial charge in [0.1, 0.15) is 0 Å². The van der Waals surface area contributed by atoms with Crippen LogP contribution in [0.3, 0.4) is 0 Å². The van der Waals surface area contributed by atoms with Gasteiger partial charge in [0, 0.05) is 25.2 Å². The third-order valence-electron chi connectivity index (χ3n) is 2.99. The molecule has 1 N–H and O–H groups in total. The molecule has 1 radical (unpaired) electrons. The smallest absolute Gasteiger partial charge is 0.215 e. The molecule has 0 saturated carbocycles. The molecule has 0 atom stereocenters. The lowest BCUT2D eigenvalue weighted by Gasteiger charge is -2.19. The predicted molar refractivity (Wildman–Crippen MR) is 57.5 cm³/mol. The van der Waals surface area contributed by atoms with E-state index in [1.807, 2.05) is 5.06 Å². The molecular formula is C12H15N2O. The van der Waals surface area contributed by atoms with Gasteiger partial charge in [0.15, 0.2) is 0 Å². The van der Waals surface area contributed by atoms with Crippen molar-refractivity contribution in [2.45, 2.75) is 19.4 Å². The number of hydrogen-bond acceptors (Lipinski definition) is 3. The maximum absolute atomic E-state index is 5.84. The van der Waals surface area contributed by atoms with Crippen molar-refractivity contribution >= 4 is 0 Å². The van der Waals surface area contributed by atoms with Crippen molar-refractivity contribution in [1.82, 2.24) is 10.4 Å². The first-order valence-electron chi connectivity index (χ1n) is 5.55. The highest BCUT2D eigenvalue weighted by molar-refractivity contribution is 5.39. The average Bonchev–Trinajstić information content (AvgIpc) is 2.89. The lowest BCUT2D eigenvalue weighted by atomic mass is 10.1. The van der Waals surface area contributed by atoms with Crippen molar-refractivity contribution in [2.24, 2.45) is 0 Å². The third kappa shape index (κ3) is 1.78. The maximum atomic E-state index is 5.84. The molecule has 1 aromatic carbocycles. The van der Waals surface area contributed by atoms with E-state index in [2.05, 4.69) is 29.6 Å². The number of rotatable bonds is 2. The Morgan fingerprint density at radius 1 is 1.13 bits per heavy atom. The fraction of sp³-hybridized carbons (Fsp3) is 0.417. The Hall–Kier alpha value is -0.900. The first kappa shape index (κ1) is 9.33. The van der Waals surface area contributed by atoms with E-state index in [9.17, 15) is 0 Å². The molecule has 1 saturated heterocycles. The van der Waals surface area contributed by atoms with Gasteiger partial charge >= 0.3 is 0 Å². The van der Waals surface area contributed by atoms with Crippen molar-refractivity contribution in [3.05, 3.63) is 41.6 Å². The van der Waals surface area contributed by atoms with Crippen LogP contribution in [0.4, 0.5) is 0 Å². The van der Waals surface area contributed by atoms with E-state index in [4.69, 9.17) is 4.84 Å². The van der Waals surface area contributed by atoms with Gasteiger partial charge in [0.2, 0.25) is 6.23 Å². The zero-order chi connectivity index (χ0) is 10.1. The van der Waals surface area contributed by atoms with Gasteiger partial charge in [-0.2, -0.15) is 5.06 Å². The summed E-state index contributed by atoms with van der Waals surface area (Å²) in [4.78, 5) is 5.84. The van der Waals surface area contributed by atoms with Gasteiger partial charge < -0.3 is 0 Å². The number of hydroxylamine groups is 2. The quantitative estimate of drug-likeness (QED) is 0.791. The molecule has 1 fully saturated rings. The second-order valence-electron chi connectivity index (χ2n) is 4.07. The molecule has 0 aliphatic carbocycles. The second kappa shape index (κ2) is 3.93. The van der Waals surface area contributed by atoms with E-state index in [-0.39, 0.29) is 0 Å². The van der Waals surface area contributed by atoms with Crippen LogP contribution in [0.5, 0.6) is 0 Å². The fourth-order valence-corrected chi connectivity index (χ4v) is 2.16. The molecule has 3 heteroatoms. The second-order valence-corrected chi connectivity index (χ2v) is 4.07. The molecule has 1 aromatic rings. The molecule has 15 heavy (non-hydrogen) atoms. The van der Waals surface area contributed by atoms with E-state index < -0.39 is 0 Å². The molecule has 79 valence electrons. The lowest BCUT2D eigenvalue weighted by Crippen LogP contribution is -2.28. The zero-order valence-electron chi connectivity index (χ0n) is 8.70. The molecule has 0 aromatic heterocycles. The summed E-state index contributed by atoms with van der Waals surface area (Å²) in [5, 5.41) is 5.35. The minimum atomic E-state index is 0.888. The monoisotopic (exact) mass is 203 g/mol. The Morgan fingerprint density at radius 2 is 1.93 bits per heavy atom. The summed E-state index contributed by atoms with van der Waals surface area (Å²) in [5.74, 6) is 0. The third-order valence-corrected chi connectivity index (χ3v) is 2.99. The van der Waals surface area contributed by atoms with Crippen LogP contribution >= 0.6 is 0 Å². The van der Waals surface area contributed by atoms with E-state index in [0.717, 1.165) is 25.9 Å². The number of hydrogen-bond donors (Lipinski definition) is 1. The fourth-order valence-electron chi connectivity index (χ4n) is 2.16. The highest BCUT2D eigenvalue weighted by Crippen LogP contribution is 2.26. The SMILES string of the molecule is c1ccc2c(c1)CN[C]2ON1CCCC1. The Labute approximate surface area is 90.0 Å². The summed E-state index contributed by atoms with van der Waals surface area (Å²) < 4.78 is 0. The minimum absolute atomic E-state index is 0.888. The Kier molecular flexibility index (Phi) is 2.44. The van der Waals surface area contributed by atoms with E-state index >= 15 is 0 Å². The Bertz CT molecular complexity index is 347. The Morgan fingerprint density at radius 3 is 2.80 bits per heavy atom. The maximum Gasteiger partial charge on any atom is 0.215 e. The van der Waals surface area contributed by atoms with E-state index in [0.29, 0.717) is 0 Å². The van der Waals surface area contributed by atoms with Crippen LogP contribution in [-0.4, -0.2) is 18.2 Å². The van der Waals surface area contributed by atoms with Crippen molar-refractivity contribution in [1.29, 1.82) is 0 Å². The summed E-state index contributed by atoms with van der Waals surface area (Å²) in [5.41, 5.74) is 2.54. The number of nitrogens with zero attached hydrogens (tertiary/aromatic N) is 1. The lowest BCUT2D eigenvalue weighted by molar-refractivity contribution is -0.133. The summed E-state index contributed by atoms with van der Waals surface area (Å²) in [6.45, 7) is 2.99. The van der Waals surface area contributed by atoms with Crippen LogP contribution in [-0.2, 0) is 11.4 Å². The predicted octanol–water partition coefficient (Wildman–Crippen LogP) is 1.65. The molecule has 2 heterocycles. The first-order valence-corrected chi connectivity index (χ1v) is 5.55. The van der Waals surface area contributed by atoms with Crippen LogP contribution < -0.4 is 5.32 Å². The van der Waals surface area contributed by atoms with Crippen molar-refractivity contribution in [3.8, 4) is 0 Å². The highest BCUT2D eigenvalue weighted by atomic mass is 16.7. The van der Waals surface area contributed by atoms with Crippen LogP contribution in [0.1, 0.15) is 24.0 Å². The standard InChI is InChI=1S/C12H15N2O/c1-2-6-11-10(5-1)9-13-12(11)15-14-7-3-4-8-14/h1-2,5-6,13H,3-4,7-9H2. The molecule has 0 bridgehead atoms. The van der Waals surface area contributed by atoms with Crippen LogP contribution in [0.15, 0.2) is 24.3 Å². The number of nitrogens with one attached hydrogen (secondary N) is 1. The van der Waals surface area contributed by atoms with Gasteiger partial charge in [-0.3, -0.25) is 10.2 Å². The van der Waals surface area contributed by atoms with Gasteiger partial charge in [-0.1, -0.05) is 24.3 Å². The van der Waals surface area contributed by atoms with Crippen LogP contribution in [0.2, 0.25) is 0 Å². The molecule has 0 unspecified atom stereocenters. The van der Waals surface area contributed by atoms with Gasteiger partial charge in [0.25, 0.3) is 0 Å². The molecule has 0 spiro atoms. The van der Waals surface area contributed by atoms with Crippen molar-refractivity contribution in [3.63, 3.8) is 0 Å². The minimum Gasteiger partial charge on any atom is -0.276 e. The summed E-state index contributed by atoms with van der Waals surface area (Å²) in [6, 6.07) is 8.38. The highest BCUT2D eigenvalue weighted by Gasteiger charge is 2.27. The van der Waals surface area contributed by atoms with E-state index in [1.54, 1.807) is 0 Å². The molecule has 3 nitrogen and oxygen atoms in total. The molecule has 3 rings (SSSR count). The van der Waals surface area contributed by atoms with Gasteiger partial charge in [-0.05, 0) is 18.4 Å². The van der Waals surface area contributed by atoms with Crippen LogP contribution in [0, 0.1) is 6.23 Å². The average molecular weight is 203 g/mol. The largest absolute Gasteiger partial charge is 0.276 e. The van der Waals surface area contributed by atoms with Crippen molar-refractivity contribution < 1.29 is 4.84 Å². The zero-order valence-corrected chi connectivity index (χ0v) is 8.70. The van der Waals surface area contributed by atoms with Gasteiger partial charge in [-0.15, -0.1) is 0 Å².